The molecule has 13 nitrogen and oxygen atoms in total. The molecular weight excluding hydrogens is 550 g/mol. The summed E-state index contributed by atoms with van der Waals surface area (Å²) in [7, 11) is 0. The largest absolute Gasteiger partial charge is 0.481 e. The predicted octanol–water partition coefficient (Wildman–Crippen LogP) is 2.78. The average Bonchev–Trinajstić information content (AvgIpc) is 3.09. The Labute approximate surface area is 238 Å². The number of aliphatic carboxylic acids is 1. The molecule has 4 fully saturated rings. The molecule has 4 aliphatic rings. The van der Waals surface area contributed by atoms with Crippen molar-refractivity contribution >= 4 is 18.2 Å². The molecule has 4 heterocycles. The second kappa shape index (κ2) is 13.8. The maximum Gasteiger partial charge on any atom is 0.410 e. The molecule has 14 heteroatoms. The van der Waals surface area contributed by atoms with Crippen molar-refractivity contribution in [2.75, 3.05) is 26.2 Å². The molecule has 0 radical (unpaired) electrons. The van der Waals surface area contributed by atoms with Gasteiger partial charge in [0.2, 0.25) is 0 Å². The number of nitrogens with two attached hydrogens (primary N) is 1. The summed E-state index contributed by atoms with van der Waals surface area (Å²) >= 11 is 0. The Morgan fingerprint density at radius 3 is 1.34 bits per heavy atom. The van der Waals surface area contributed by atoms with E-state index >= 15 is 0 Å². The van der Waals surface area contributed by atoms with E-state index in [1.807, 2.05) is 46.6 Å². The number of likely N-dealkylation sites (tertiary alicyclic amines) is 2. The number of fused-ring (bicyclic) bond motifs is 4. The molecule has 214 valence electrons. The summed E-state index contributed by atoms with van der Waals surface area (Å²) in [4.78, 5) is 46.9. The maximum absolute atomic E-state index is 11.9. The van der Waals surface area contributed by atoms with Crippen LogP contribution in [0.2, 0.25) is 0 Å². The molecule has 0 aromatic rings. The van der Waals surface area contributed by atoms with Crippen molar-refractivity contribution in [3.05, 3.63) is 4.91 Å². The molecule has 0 aromatic carbocycles. The van der Waals surface area contributed by atoms with Gasteiger partial charge in [-0.3, -0.25) is 15.6 Å². The van der Waals surface area contributed by atoms with Crippen molar-refractivity contribution in [2.24, 2.45) is 11.1 Å². The first-order valence-corrected chi connectivity index (χ1v) is 12.8. The summed E-state index contributed by atoms with van der Waals surface area (Å²) in [5, 5.41) is 14.0. The number of nitrogens with zero attached hydrogens (tertiary/aromatic N) is 5. The summed E-state index contributed by atoms with van der Waals surface area (Å²) < 4.78 is 10.7. The standard InChI is InChI=1S/C11H19N3O3.C11H21N3O2.C2H4O2.Zn/c1-11(2,3)17-10(15)13-6-8-4-5-9(7-13)14(8)12-16;1-11(2,3)16-10(15)13-6-8-4-5-9(7-13)14(8)12;1-2(3)4;/h8-9H,4-7H2,1-3H3;8-9H,4-7,12H2,1-3H3;1H3,(H,3,4);. The van der Waals surface area contributed by atoms with Crippen molar-refractivity contribution in [1.82, 2.24) is 19.8 Å². The van der Waals surface area contributed by atoms with E-state index in [2.05, 4.69) is 5.29 Å². The van der Waals surface area contributed by atoms with Crippen molar-refractivity contribution in [3.8, 4) is 0 Å². The van der Waals surface area contributed by atoms with E-state index < -0.39 is 17.2 Å². The molecule has 0 aliphatic carbocycles. The summed E-state index contributed by atoms with van der Waals surface area (Å²) in [5.41, 5.74) is -0.897. The van der Waals surface area contributed by atoms with Gasteiger partial charge in [-0.2, -0.15) is 0 Å². The van der Waals surface area contributed by atoms with Crippen LogP contribution in [-0.4, -0.2) is 105 Å². The Hall–Kier alpha value is -2.05. The van der Waals surface area contributed by atoms with Gasteiger partial charge >= 0.3 is 12.2 Å². The third-order valence-electron chi connectivity index (χ3n) is 6.38. The van der Waals surface area contributed by atoms with Gasteiger partial charge in [-0.15, -0.1) is 4.91 Å². The molecule has 4 atom stereocenters. The van der Waals surface area contributed by atoms with Gasteiger partial charge < -0.3 is 24.4 Å². The number of carboxylic acid groups (broad SMARTS) is 1. The summed E-state index contributed by atoms with van der Waals surface area (Å²) in [6, 6.07) is 0.759. The fourth-order valence-electron chi connectivity index (χ4n) is 4.90. The van der Waals surface area contributed by atoms with E-state index in [4.69, 9.17) is 25.2 Å². The number of nitroso groups, excluding NO2 is 1. The van der Waals surface area contributed by atoms with Gasteiger partial charge in [0, 0.05) is 64.7 Å². The first-order valence-electron chi connectivity index (χ1n) is 12.8. The van der Waals surface area contributed by atoms with Crippen LogP contribution in [0.5, 0.6) is 0 Å². The van der Waals surface area contributed by atoms with Crippen LogP contribution in [-0.2, 0) is 33.7 Å². The second-order valence-electron chi connectivity index (χ2n) is 12.0. The monoisotopic (exact) mass is 592 g/mol. The molecule has 3 N–H and O–H groups in total. The van der Waals surface area contributed by atoms with Gasteiger partial charge in [-0.25, -0.2) is 14.6 Å². The quantitative estimate of drug-likeness (QED) is 0.263. The zero-order valence-electron chi connectivity index (χ0n) is 23.9. The summed E-state index contributed by atoms with van der Waals surface area (Å²) in [6.45, 7) is 14.8. The molecule has 0 aromatic heterocycles. The van der Waals surface area contributed by atoms with Gasteiger partial charge in [-0.05, 0) is 67.2 Å². The van der Waals surface area contributed by atoms with Crippen molar-refractivity contribution in [1.29, 1.82) is 0 Å². The van der Waals surface area contributed by atoms with Crippen LogP contribution >= 0.6 is 0 Å². The van der Waals surface area contributed by atoms with Gasteiger partial charge in [0.1, 0.15) is 11.2 Å². The van der Waals surface area contributed by atoms with E-state index in [-0.39, 0.29) is 43.7 Å². The Kier molecular flexibility index (Phi) is 12.4. The zero-order valence-corrected chi connectivity index (χ0v) is 26.9. The summed E-state index contributed by atoms with van der Waals surface area (Å²) in [5.74, 6) is 5.10. The third-order valence-corrected chi connectivity index (χ3v) is 6.38. The average molecular weight is 594 g/mol. The van der Waals surface area contributed by atoms with Crippen molar-refractivity contribution < 1.29 is 48.4 Å². The van der Waals surface area contributed by atoms with Gasteiger partial charge in [0.25, 0.3) is 5.97 Å². The number of ether oxygens (including phenoxy) is 2. The molecule has 4 aliphatic heterocycles. The van der Waals surface area contributed by atoms with Gasteiger partial charge in [-0.1, -0.05) is 0 Å². The molecular formula is C24H44N6O7Zn. The zero-order chi connectivity index (χ0) is 28.1. The number of carbonyl (C=O) groups is 3. The van der Waals surface area contributed by atoms with Crippen molar-refractivity contribution in [2.45, 2.75) is 110 Å². The molecule has 4 bridgehead atoms. The van der Waals surface area contributed by atoms with Crippen LogP contribution in [0, 0.1) is 4.91 Å². The Morgan fingerprint density at radius 1 is 0.763 bits per heavy atom. The number of rotatable bonds is 1. The topological polar surface area (TPSA) is 158 Å². The molecule has 2 amide bonds. The molecule has 4 rings (SSSR count). The Balaban J connectivity index is 0.000000326. The minimum absolute atomic E-state index is 0. The van der Waals surface area contributed by atoms with Crippen LogP contribution in [0.3, 0.4) is 0 Å². The number of hydrogen-bond acceptors (Lipinski definition) is 9. The van der Waals surface area contributed by atoms with E-state index in [1.165, 1.54) is 0 Å². The van der Waals surface area contributed by atoms with Crippen LogP contribution in [0.15, 0.2) is 5.29 Å². The van der Waals surface area contributed by atoms with Gasteiger partial charge in [0.05, 0.1) is 17.4 Å². The molecule has 38 heavy (non-hydrogen) atoms. The maximum atomic E-state index is 11.9. The van der Waals surface area contributed by atoms with Crippen LogP contribution < -0.4 is 5.84 Å². The first kappa shape index (κ1) is 34.0. The van der Waals surface area contributed by atoms with E-state index in [0.29, 0.717) is 38.3 Å². The SMILES string of the molecule is CC(=O)O.CC(C)(C)OC(=O)N1CC2CCC(C1)N2N.CC(C)(C)OC(=O)N1CC2CCC(C1)N2N=O.[Zn]. The second-order valence-corrected chi connectivity index (χ2v) is 12.0. The number of amides is 2. The third kappa shape index (κ3) is 10.3. The van der Waals surface area contributed by atoms with E-state index in [9.17, 15) is 14.5 Å². The number of hydrazine groups is 1. The molecule has 0 saturated carbocycles. The minimum atomic E-state index is -0.833. The van der Waals surface area contributed by atoms with E-state index in [1.54, 1.807) is 14.8 Å². The fraction of sp³-hybridized carbons (Fsp3) is 0.875. The smallest absolute Gasteiger partial charge is 0.410 e. The van der Waals surface area contributed by atoms with Crippen molar-refractivity contribution in [3.63, 3.8) is 0 Å². The number of hydrogen-bond donors (Lipinski definition) is 2. The van der Waals surface area contributed by atoms with Gasteiger partial charge in [0.15, 0.2) is 0 Å². The molecule has 0 spiro atoms. The molecule has 4 saturated heterocycles. The van der Waals surface area contributed by atoms with E-state index in [0.717, 1.165) is 32.6 Å². The molecule has 4 unspecified atom stereocenters. The fourth-order valence-corrected chi connectivity index (χ4v) is 4.90. The number of carbonyl (C=O) groups excluding carboxylic acids is 2. The first-order chi connectivity index (χ1) is 17.0. The van der Waals surface area contributed by atoms with Crippen LogP contribution in [0.25, 0.3) is 0 Å². The van der Waals surface area contributed by atoms with Crippen LogP contribution in [0.1, 0.15) is 74.1 Å². The normalized spacial score (nSPS) is 26.2. The predicted molar refractivity (Wildman–Crippen MR) is 136 cm³/mol. The van der Waals surface area contributed by atoms with Crippen LogP contribution in [0.4, 0.5) is 9.59 Å². The Bertz CT molecular complexity index is 802. The number of carboxylic acids is 1. The minimum Gasteiger partial charge on any atom is -0.481 e. The number of piperazine rings is 2. The summed E-state index contributed by atoms with van der Waals surface area (Å²) in [6.07, 6.45) is 3.52. The Morgan fingerprint density at radius 2 is 1.05 bits per heavy atom.